The van der Waals surface area contributed by atoms with Gasteiger partial charge in [-0.15, -0.1) is 0 Å². The second kappa shape index (κ2) is 4.14. The molecule has 5 heteroatoms. The van der Waals surface area contributed by atoms with Crippen molar-refractivity contribution in [1.82, 2.24) is 4.98 Å². The van der Waals surface area contributed by atoms with Gasteiger partial charge >= 0.3 is 0 Å². The summed E-state index contributed by atoms with van der Waals surface area (Å²) in [5.74, 6) is 1.95. The van der Waals surface area contributed by atoms with Crippen molar-refractivity contribution < 1.29 is 13.9 Å². The normalized spacial score (nSPS) is 10.1. The number of nitrogen functional groups attached to an aromatic ring is 1. The molecule has 0 spiro atoms. The van der Waals surface area contributed by atoms with Gasteiger partial charge in [0.2, 0.25) is 0 Å². The second-order valence-electron chi connectivity index (χ2n) is 3.16. The minimum absolute atomic E-state index is 0.136. The van der Waals surface area contributed by atoms with Crippen molar-refractivity contribution in [3.63, 3.8) is 0 Å². The Labute approximate surface area is 92.8 Å². The van der Waals surface area contributed by atoms with E-state index in [1.54, 1.807) is 26.5 Å². The van der Waals surface area contributed by atoms with Crippen LogP contribution in [0.4, 0.5) is 6.01 Å². The van der Waals surface area contributed by atoms with Crippen LogP contribution in [-0.2, 0) is 0 Å². The van der Waals surface area contributed by atoms with Crippen molar-refractivity contribution in [2.24, 2.45) is 0 Å². The fraction of sp³-hybridized carbons (Fsp3) is 0.182. The molecule has 0 aliphatic heterocycles. The SMILES string of the molecule is COc1cc(OC)cc(-c2cnc(N)o2)c1. The molecule has 0 amide bonds. The number of nitrogens with zero attached hydrogens (tertiary/aromatic N) is 1. The van der Waals surface area contributed by atoms with Gasteiger partial charge in [0.1, 0.15) is 11.5 Å². The van der Waals surface area contributed by atoms with Gasteiger partial charge in [0, 0.05) is 11.6 Å². The molecule has 0 radical (unpaired) electrons. The molecule has 0 saturated heterocycles. The molecule has 16 heavy (non-hydrogen) atoms. The number of hydrogen-bond acceptors (Lipinski definition) is 5. The number of aromatic nitrogens is 1. The highest BCUT2D eigenvalue weighted by Crippen LogP contribution is 2.30. The van der Waals surface area contributed by atoms with Crippen molar-refractivity contribution >= 4 is 6.01 Å². The van der Waals surface area contributed by atoms with Gasteiger partial charge < -0.3 is 19.6 Å². The topological polar surface area (TPSA) is 70.5 Å². The molecule has 1 heterocycles. The van der Waals surface area contributed by atoms with Gasteiger partial charge in [0.05, 0.1) is 20.4 Å². The van der Waals surface area contributed by atoms with E-state index in [9.17, 15) is 0 Å². The number of rotatable bonds is 3. The number of benzene rings is 1. The Morgan fingerprint density at radius 3 is 2.19 bits per heavy atom. The summed E-state index contributed by atoms with van der Waals surface area (Å²) in [5.41, 5.74) is 6.22. The fourth-order valence-corrected chi connectivity index (χ4v) is 1.37. The molecule has 2 rings (SSSR count). The average molecular weight is 220 g/mol. The van der Waals surface area contributed by atoms with E-state index in [2.05, 4.69) is 4.98 Å². The Balaban J connectivity index is 2.47. The van der Waals surface area contributed by atoms with Gasteiger partial charge in [0.15, 0.2) is 5.76 Å². The minimum Gasteiger partial charge on any atom is -0.497 e. The summed E-state index contributed by atoms with van der Waals surface area (Å²) >= 11 is 0. The van der Waals surface area contributed by atoms with Gasteiger partial charge in [0.25, 0.3) is 6.01 Å². The maximum absolute atomic E-state index is 5.42. The number of anilines is 1. The molecular formula is C11H12N2O3. The lowest BCUT2D eigenvalue weighted by Gasteiger charge is -2.06. The first-order chi connectivity index (χ1) is 7.72. The molecule has 0 unspecified atom stereocenters. The number of hydrogen-bond donors (Lipinski definition) is 1. The first-order valence-electron chi connectivity index (χ1n) is 4.67. The third-order valence-corrected chi connectivity index (χ3v) is 2.16. The average Bonchev–Trinajstić information content (AvgIpc) is 2.75. The van der Waals surface area contributed by atoms with E-state index in [0.717, 1.165) is 5.56 Å². The van der Waals surface area contributed by atoms with E-state index >= 15 is 0 Å². The van der Waals surface area contributed by atoms with E-state index in [1.165, 1.54) is 0 Å². The Morgan fingerprint density at radius 2 is 1.75 bits per heavy atom. The van der Waals surface area contributed by atoms with E-state index in [-0.39, 0.29) is 6.01 Å². The van der Waals surface area contributed by atoms with Crippen LogP contribution in [0.25, 0.3) is 11.3 Å². The molecule has 0 atom stereocenters. The minimum atomic E-state index is 0.136. The van der Waals surface area contributed by atoms with Crippen LogP contribution in [0.5, 0.6) is 11.5 Å². The summed E-state index contributed by atoms with van der Waals surface area (Å²) in [5, 5.41) is 0. The van der Waals surface area contributed by atoms with Crippen LogP contribution < -0.4 is 15.2 Å². The van der Waals surface area contributed by atoms with Gasteiger partial charge in [-0.05, 0) is 12.1 Å². The van der Waals surface area contributed by atoms with Crippen LogP contribution in [0.2, 0.25) is 0 Å². The maximum atomic E-state index is 5.42. The van der Waals surface area contributed by atoms with Crippen LogP contribution in [0, 0.1) is 0 Å². The first kappa shape index (κ1) is 10.4. The maximum Gasteiger partial charge on any atom is 0.292 e. The van der Waals surface area contributed by atoms with Crippen molar-refractivity contribution in [1.29, 1.82) is 0 Å². The molecule has 2 aromatic rings. The molecule has 2 N–H and O–H groups in total. The van der Waals surface area contributed by atoms with Gasteiger partial charge in [-0.2, -0.15) is 0 Å². The summed E-state index contributed by atoms with van der Waals surface area (Å²) in [7, 11) is 3.18. The molecule has 84 valence electrons. The van der Waals surface area contributed by atoms with Crippen molar-refractivity contribution in [2.45, 2.75) is 0 Å². The van der Waals surface area contributed by atoms with E-state index in [1.807, 2.05) is 12.1 Å². The summed E-state index contributed by atoms with van der Waals surface area (Å²) < 4.78 is 15.5. The van der Waals surface area contributed by atoms with Crippen molar-refractivity contribution in [3.05, 3.63) is 24.4 Å². The van der Waals surface area contributed by atoms with E-state index < -0.39 is 0 Å². The fourth-order valence-electron chi connectivity index (χ4n) is 1.37. The lowest BCUT2D eigenvalue weighted by atomic mass is 10.1. The number of ether oxygens (including phenoxy) is 2. The standard InChI is InChI=1S/C11H12N2O3/c1-14-8-3-7(4-9(5-8)15-2)10-6-13-11(12)16-10/h3-6H,1-2H3,(H2,12,13). The smallest absolute Gasteiger partial charge is 0.292 e. The van der Waals surface area contributed by atoms with Crippen LogP contribution in [0.3, 0.4) is 0 Å². The summed E-state index contributed by atoms with van der Waals surface area (Å²) in [6.07, 6.45) is 1.56. The highest BCUT2D eigenvalue weighted by molar-refractivity contribution is 5.62. The lowest BCUT2D eigenvalue weighted by molar-refractivity contribution is 0.394. The lowest BCUT2D eigenvalue weighted by Crippen LogP contribution is -1.88. The summed E-state index contributed by atoms with van der Waals surface area (Å²) in [6, 6.07) is 5.56. The number of oxazole rings is 1. The zero-order valence-electron chi connectivity index (χ0n) is 9.06. The summed E-state index contributed by atoms with van der Waals surface area (Å²) in [4.78, 5) is 3.83. The Kier molecular flexibility index (Phi) is 2.68. The first-order valence-corrected chi connectivity index (χ1v) is 4.67. The highest BCUT2D eigenvalue weighted by atomic mass is 16.5. The molecular weight excluding hydrogens is 208 g/mol. The molecule has 0 aliphatic carbocycles. The predicted molar refractivity (Wildman–Crippen MR) is 59.5 cm³/mol. The molecule has 1 aromatic carbocycles. The van der Waals surface area contributed by atoms with Gasteiger partial charge in [-0.25, -0.2) is 4.98 Å². The Morgan fingerprint density at radius 1 is 1.12 bits per heavy atom. The molecule has 1 aromatic heterocycles. The summed E-state index contributed by atoms with van der Waals surface area (Å²) in [6.45, 7) is 0. The molecule has 0 bridgehead atoms. The van der Waals surface area contributed by atoms with Crippen molar-refractivity contribution in [2.75, 3.05) is 20.0 Å². The van der Waals surface area contributed by atoms with E-state index in [0.29, 0.717) is 17.3 Å². The van der Waals surface area contributed by atoms with Crippen LogP contribution >= 0.6 is 0 Å². The Bertz CT molecular complexity index is 471. The van der Waals surface area contributed by atoms with Crippen LogP contribution in [-0.4, -0.2) is 19.2 Å². The van der Waals surface area contributed by atoms with Crippen molar-refractivity contribution in [3.8, 4) is 22.8 Å². The monoisotopic (exact) mass is 220 g/mol. The highest BCUT2D eigenvalue weighted by Gasteiger charge is 2.08. The Hall–Kier alpha value is -2.17. The zero-order chi connectivity index (χ0) is 11.5. The number of nitrogens with two attached hydrogens (primary N) is 1. The third-order valence-electron chi connectivity index (χ3n) is 2.16. The van der Waals surface area contributed by atoms with Gasteiger partial charge in [-0.1, -0.05) is 0 Å². The quantitative estimate of drug-likeness (QED) is 0.855. The van der Waals surface area contributed by atoms with Crippen LogP contribution in [0.1, 0.15) is 0 Å². The predicted octanol–water partition coefficient (Wildman–Crippen LogP) is 1.94. The van der Waals surface area contributed by atoms with Gasteiger partial charge in [-0.3, -0.25) is 0 Å². The number of methoxy groups -OCH3 is 2. The molecule has 5 nitrogen and oxygen atoms in total. The second-order valence-corrected chi connectivity index (χ2v) is 3.16. The molecule has 0 fully saturated rings. The molecule has 0 aliphatic rings. The molecule has 0 saturated carbocycles. The zero-order valence-corrected chi connectivity index (χ0v) is 9.06. The van der Waals surface area contributed by atoms with E-state index in [4.69, 9.17) is 19.6 Å². The third kappa shape index (κ3) is 1.93. The largest absolute Gasteiger partial charge is 0.497 e. The van der Waals surface area contributed by atoms with Crippen LogP contribution in [0.15, 0.2) is 28.8 Å².